The van der Waals surface area contributed by atoms with Gasteiger partial charge in [0.15, 0.2) is 0 Å². The maximum absolute atomic E-state index is 14.1. The Balaban J connectivity index is 1.53. The maximum atomic E-state index is 14.1. The second-order valence-electron chi connectivity index (χ2n) is 10.2. The van der Waals surface area contributed by atoms with E-state index in [1.165, 1.54) is 39.6 Å². The number of anilines is 1. The van der Waals surface area contributed by atoms with E-state index in [1.807, 2.05) is 0 Å². The predicted octanol–water partition coefficient (Wildman–Crippen LogP) is 4.94. The first-order chi connectivity index (χ1) is 19.8. The molecule has 218 valence electrons. The number of nitrogens with zero attached hydrogens (tertiary/aromatic N) is 4. The summed E-state index contributed by atoms with van der Waals surface area (Å²) >= 11 is 13.4. The molecular formula is C29H33Cl2N5O5. The molecule has 5 rings (SSSR count). The van der Waals surface area contributed by atoms with Gasteiger partial charge in [-0.2, -0.15) is 4.98 Å². The summed E-state index contributed by atoms with van der Waals surface area (Å²) in [5.74, 6) is 0.994. The molecule has 0 bridgehead atoms. The lowest BCUT2D eigenvalue weighted by molar-refractivity contribution is -0.139. The molecule has 1 saturated carbocycles. The normalized spacial score (nSPS) is 16.0. The Labute approximate surface area is 248 Å². The van der Waals surface area contributed by atoms with Crippen LogP contribution >= 0.6 is 23.2 Å². The number of nitrogens with one attached hydrogen (secondary N) is 1. The monoisotopic (exact) mass is 601 g/mol. The zero-order valence-corrected chi connectivity index (χ0v) is 24.6. The molecule has 1 N–H and O–H groups in total. The lowest BCUT2D eigenvalue weighted by atomic mass is 9.96. The minimum absolute atomic E-state index is 0.117. The second-order valence-corrected chi connectivity index (χ2v) is 10.9. The zero-order valence-electron chi connectivity index (χ0n) is 23.1. The quantitative estimate of drug-likeness (QED) is 0.326. The number of carbonyl (C=O) groups excluding carboxylic acids is 1. The van der Waals surface area contributed by atoms with Gasteiger partial charge in [0.1, 0.15) is 17.1 Å². The third-order valence-electron chi connectivity index (χ3n) is 7.61. The van der Waals surface area contributed by atoms with E-state index in [0.29, 0.717) is 53.2 Å². The van der Waals surface area contributed by atoms with Crippen LogP contribution in [0, 0.1) is 0 Å². The number of pyridine rings is 1. The van der Waals surface area contributed by atoms with Gasteiger partial charge >= 0.3 is 0 Å². The minimum atomic E-state index is -0.348. The van der Waals surface area contributed by atoms with Crippen LogP contribution < -0.4 is 20.3 Å². The van der Waals surface area contributed by atoms with Crippen molar-refractivity contribution in [2.75, 3.05) is 39.2 Å². The van der Waals surface area contributed by atoms with Crippen molar-refractivity contribution in [1.29, 1.82) is 0 Å². The van der Waals surface area contributed by atoms with Gasteiger partial charge < -0.3 is 24.4 Å². The summed E-state index contributed by atoms with van der Waals surface area (Å²) in [7, 11) is 2.96. The fourth-order valence-corrected chi connectivity index (χ4v) is 6.03. The number of methoxy groups -OCH3 is 2. The molecule has 1 aromatic carbocycles. The molecule has 10 nitrogen and oxygen atoms in total. The molecule has 0 unspecified atom stereocenters. The fourth-order valence-electron chi connectivity index (χ4n) is 5.33. The highest BCUT2D eigenvalue weighted by Crippen LogP contribution is 2.45. The van der Waals surface area contributed by atoms with Crippen LogP contribution in [-0.2, 0) is 16.1 Å². The van der Waals surface area contributed by atoms with Crippen LogP contribution in [-0.4, -0.2) is 71.4 Å². The molecular weight excluding hydrogens is 569 g/mol. The van der Waals surface area contributed by atoms with E-state index in [0.717, 1.165) is 12.8 Å². The van der Waals surface area contributed by atoms with Crippen molar-refractivity contribution in [3.8, 4) is 22.6 Å². The molecule has 0 spiro atoms. The lowest BCUT2D eigenvalue weighted by Crippen LogP contribution is -2.54. The molecule has 1 saturated heterocycles. The molecule has 3 heterocycles. The molecule has 2 fully saturated rings. The van der Waals surface area contributed by atoms with Gasteiger partial charge in [-0.3, -0.25) is 14.2 Å². The molecule has 2 aromatic heterocycles. The van der Waals surface area contributed by atoms with Crippen molar-refractivity contribution in [2.45, 2.75) is 50.8 Å². The number of aromatic nitrogens is 3. The van der Waals surface area contributed by atoms with Gasteiger partial charge in [0.2, 0.25) is 11.9 Å². The minimum Gasteiger partial charge on any atom is -0.495 e. The summed E-state index contributed by atoms with van der Waals surface area (Å²) in [4.78, 5) is 36.8. The van der Waals surface area contributed by atoms with Gasteiger partial charge in [-0.15, -0.1) is 0 Å². The summed E-state index contributed by atoms with van der Waals surface area (Å²) in [6, 6.07) is 3.56. The van der Waals surface area contributed by atoms with Crippen molar-refractivity contribution >= 4 is 46.1 Å². The van der Waals surface area contributed by atoms with Crippen molar-refractivity contribution in [3.05, 3.63) is 51.4 Å². The van der Waals surface area contributed by atoms with Gasteiger partial charge in [0.25, 0.3) is 5.56 Å². The van der Waals surface area contributed by atoms with E-state index in [4.69, 9.17) is 42.4 Å². The molecule has 1 amide bonds. The van der Waals surface area contributed by atoms with E-state index in [1.54, 1.807) is 27.8 Å². The summed E-state index contributed by atoms with van der Waals surface area (Å²) in [5, 5.41) is 4.45. The molecule has 12 heteroatoms. The summed E-state index contributed by atoms with van der Waals surface area (Å²) < 4.78 is 18.4. The third-order valence-corrected chi connectivity index (χ3v) is 8.36. The first-order valence-corrected chi connectivity index (χ1v) is 14.4. The van der Waals surface area contributed by atoms with Crippen LogP contribution in [0.2, 0.25) is 10.0 Å². The number of rotatable bonds is 10. The number of hydrogen-bond acceptors (Lipinski definition) is 8. The second kappa shape index (κ2) is 12.7. The molecule has 2 aliphatic rings. The van der Waals surface area contributed by atoms with E-state index in [2.05, 4.69) is 16.9 Å². The van der Waals surface area contributed by atoms with Crippen molar-refractivity contribution in [1.82, 2.24) is 19.4 Å². The van der Waals surface area contributed by atoms with Crippen LogP contribution in [0.15, 0.2) is 35.8 Å². The van der Waals surface area contributed by atoms with Crippen molar-refractivity contribution in [3.63, 3.8) is 0 Å². The van der Waals surface area contributed by atoms with Crippen molar-refractivity contribution in [2.24, 2.45) is 0 Å². The summed E-state index contributed by atoms with van der Waals surface area (Å²) in [5.41, 5.74) is 0.676. The van der Waals surface area contributed by atoms with Crippen LogP contribution in [0.1, 0.15) is 32.1 Å². The van der Waals surface area contributed by atoms with Gasteiger partial charge in [0.05, 0.1) is 49.1 Å². The Morgan fingerprint density at radius 3 is 2.44 bits per heavy atom. The zero-order chi connectivity index (χ0) is 29.1. The highest BCUT2D eigenvalue weighted by Gasteiger charge is 2.30. The summed E-state index contributed by atoms with van der Waals surface area (Å²) in [6.45, 7) is 4.92. The van der Waals surface area contributed by atoms with E-state index >= 15 is 0 Å². The van der Waals surface area contributed by atoms with Crippen LogP contribution in [0.3, 0.4) is 0 Å². The fraction of sp³-hybridized carbons (Fsp3) is 0.448. The van der Waals surface area contributed by atoms with Gasteiger partial charge in [-0.05, 0) is 25.0 Å². The molecule has 0 atom stereocenters. The largest absolute Gasteiger partial charge is 0.495 e. The number of likely N-dealkylation sites (tertiary alicyclic amines) is 1. The number of amides is 1. The highest BCUT2D eigenvalue weighted by atomic mass is 35.5. The Bertz CT molecular complexity index is 1490. The average molecular weight is 603 g/mol. The Hall–Kier alpha value is -3.34. The Kier molecular flexibility index (Phi) is 9.01. The first kappa shape index (κ1) is 29.2. The Morgan fingerprint density at radius 1 is 1.12 bits per heavy atom. The van der Waals surface area contributed by atoms with Crippen LogP contribution in [0.5, 0.6) is 11.5 Å². The van der Waals surface area contributed by atoms with Gasteiger partial charge in [0, 0.05) is 42.3 Å². The smallest absolute Gasteiger partial charge is 0.260 e. The van der Waals surface area contributed by atoms with E-state index < -0.39 is 0 Å². The van der Waals surface area contributed by atoms with E-state index in [-0.39, 0.29) is 46.3 Å². The number of ether oxygens (including phenoxy) is 3. The van der Waals surface area contributed by atoms with E-state index in [9.17, 15) is 9.59 Å². The number of fused-ring (bicyclic) bond motifs is 1. The van der Waals surface area contributed by atoms with Crippen LogP contribution in [0.4, 0.5) is 5.95 Å². The lowest BCUT2D eigenvalue weighted by Gasteiger charge is -2.38. The van der Waals surface area contributed by atoms with Gasteiger partial charge in [-0.1, -0.05) is 49.0 Å². The number of halogens is 2. The SMILES string of the molecule is C=CC(=O)N1CC(OCCn2c(=O)c(-c3c(Cl)c(OC)cc(OC)c3Cl)cc3cnc(NC4CCCCC4)nc32)C1. The number of hydrogen-bond donors (Lipinski definition) is 1. The molecule has 1 aliphatic carbocycles. The molecule has 3 aromatic rings. The third kappa shape index (κ3) is 6.00. The topological polar surface area (TPSA) is 108 Å². The Morgan fingerprint density at radius 2 is 1.80 bits per heavy atom. The highest BCUT2D eigenvalue weighted by molar-refractivity contribution is 6.41. The average Bonchev–Trinajstić information content (AvgIpc) is 2.96. The predicted molar refractivity (Wildman–Crippen MR) is 159 cm³/mol. The molecule has 0 radical (unpaired) electrons. The number of carbonyl (C=O) groups is 1. The van der Waals surface area contributed by atoms with Gasteiger partial charge in [-0.25, -0.2) is 4.98 Å². The van der Waals surface area contributed by atoms with Crippen LogP contribution in [0.25, 0.3) is 22.2 Å². The molecule has 1 aliphatic heterocycles. The first-order valence-electron chi connectivity index (χ1n) is 13.6. The molecule has 41 heavy (non-hydrogen) atoms. The van der Waals surface area contributed by atoms with Crippen molar-refractivity contribution < 1.29 is 19.0 Å². The maximum Gasteiger partial charge on any atom is 0.260 e. The number of benzene rings is 1. The summed E-state index contributed by atoms with van der Waals surface area (Å²) in [6.07, 6.45) is 8.55. The standard InChI is InChI=1S/C29H33Cl2N5O5/c1-4-23(37)35-15-19(16-35)41-11-10-36-27-17(14-32-29(34-27)33-18-8-6-5-7-9-18)12-20(28(36)38)24-25(30)21(39-2)13-22(40-3)26(24)31/h4,12-14,18-19H,1,5-11,15-16H2,2-3H3,(H,32,33,34).